The van der Waals surface area contributed by atoms with E-state index < -0.39 is 0 Å². The van der Waals surface area contributed by atoms with E-state index in [2.05, 4.69) is 52.3 Å². The predicted molar refractivity (Wildman–Crippen MR) is 180 cm³/mol. The van der Waals surface area contributed by atoms with Gasteiger partial charge in [0.2, 0.25) is 0 Å². The predicted octanol–water partition coefficient (Wildman–Crippen LogP) is 6.79. The number of piperazine rings is 1. The fourth-order valence-corrected chi connectivity index (χ4v) is 6.35. The lowest BCUT2D eigenvalue weighted by Gasteiger charge is -2.37. The summed E-state index contributed by atoms with van der Waals surface area (Å²) in [6.45, 7) is 22.1. The van der Waals surface area contributed by atoms with Crippen LogP contribution in [0.15, 0.2) is 42.6 Å². The molecule has 0 saturated carbocycles. The van der Waals surface area contributed by atoms with E-state index in [-0.39, 0.29) is 12.0 Å². The van der Waals surface area contributed by atoms with Gasteiger partial charge in [0.05, 0.1) is 27.2 Å². The minimum Gasteiger partial charge on any atom is -0.489 e. The standard InChI is InChI=1S/C34H49Cl2N5O2/c1-24(2)41(25(3)4)20-19-39-17-15-38(16-18-39)13-8-14-40-23-29(28-9-7-10-32(33(28)40)43-26(5)6)34(42)37-22-27-11-12-30(35)31(36)21-27/h7,9-12,21,23-26H,8,13-20,22H2,1-6H3,(H,37,42). The quantitative estimate of drug-likeness (QED) is 0.213. The third-order valence-corrected chi connectivity index (χ3v) is 8.98. The van der Waals surface area contributed by atoms with Crippen molar-refractivity contribution in [2.24, 2.45) is 0 Å². The van der Waals surface area contributed by atoms with Crippen molar-refractivity contribution < 1.29 is 9.53 Å². The minimum atomic E-state index is -0.124. The first kappa shape index (κ1) is 33.6. The molecule has 236 valence electrons. The molecule has 1 saturated heterocycles. The number of benzene rings is 2. The summed E-state index contributed by atoms with van der Waals surface area (Å²) < 4.78 is 8.39. The number of para-hydroxylation sites is 1. The van der Waals surface area contributed by atoms with E-state index in [0.717, 1.165) is 81.0 Å². The van der Waals surface area contributed by atoms with Gasteiger partial charge in [0.15, 0.2) is 0 Å². The van der Waals surface area contributed by atoms with Gasteiger partial charge in [-0.2, -0.15) is 0 Å². The fraction of sp³-hybridized carbons (Fsp3) is 0.559. The van der Waals surface area contributed by atoms with Crippen molar-refractivity contribution in [1.82, 2.24) is 24.6 Å². The third-order valence-electron chi connectivity index (χ3n) is 8.24. The Hall–Kier alpha value is -2.29. The smallest absolute Gasteiger partial charge is 0.253 e. The highest BCUT2D eigenvalue weighted by Gasteiger charge is 2.21. The van der Waals surface area contributed by atoms with Crippen molar-refractivity contribution in [3.05, 3.63) is 63.8 Å². The van der Waals surface area contributed by atoms with Crippen LogP contribution >= 0.6 is 23.2 Å². The van der Waals surface area contributed by atoms with Crippen molar-refractivity contribution in [1.29, 1.82) is 0 Å². The number of nitrogens with zero attached hydrogens (tertiary/aromatic N) is 4. The Balaban J connectivity index is 1.38. The second kappa shape index (κ2) is 15.6. The lowest BCUT2D eigenvalue weighted by Crippen LogP contribution is -2.50. The van der Waals surface area contributed by atoms with E-state index in [1.165, 1.54) is 0 Å². The van der Waals surface area contributed by atoms with Gasteiger partial charge < -0.3 is 19.5 Å². The van der Waals surface area contributed by atoms with Gasteiger partial charge in [-0.3, -0.25) is 14.6 Å². The summed E-state index contributed by atoms with van der Waals surface area (Å²) in [6.07, 6.45) is 3.01. The second-order valence-electron chi connectivity index (χ2n) is 12.4. The molecule has 1 N–H and O–H groups in total. The van der Waals surface area contributed by atoms with Crippen molar-refractivity contribution in [2.75, 3.05) is 45.8 Å². The van der Waals surface area contributed by atoms with Gasteiger partial charge in [0.25, 0.3) is 5.91 Å². The third kappa shape index (κ3) is 9.11. The molecule has 3 aromatic rings. The first-order chi connectivity index (χ1) is 20.5. The van der Waals surface area contributed by atoms with Crippen LogP contribution in [0.25, 0.3) is 10.9 Å². The molecule has 1 amide bonds. The monoisotopic (exact) mass is 629 g/mol. The maximum Gasteiger partial charge on any atom is 0.253 e. The average molecular weight is 631 g/mol. The lowest BCUT2D eigenvalue weighted by atomic mass is 10.1. The Morgan fingerprint density at radius 3 is 2.21 bits per heavy atom. The molecule has 0 unspecified atom stereocenters. The first-order valence-electron chi connectivity index (χ1n) is 15.7. The normalized spacial score (nSPS) is 15.0. The Bertz CT molecular complexity index is 1340. The molecule has 0 atom stereocenters. The number of amides is 1. The number of carbonyl (C=O) groups is 1. The van der Waals surface area contributed by atoms with Crippen LogP contribution in [-0.2, 0) is 13.1 Å². The fourth-order valence-electron chi connectivity index (χ4n) is 6.03. The summed E-state index contributed by atoms with van der Waals surface area (Å²) in [5.74, 6) is 0.683. The highest BCUT2D eigenvalue weighted by atomic mass is 35.5. The number of carbonyl (C=O) groups excluding carboxylic acids is 1. The van der Waals surface area contributed by atoms with E-state index in [4.69, 9.17) is 27.9 Å². The molecule has 1 aliphatic heterocycles. The van der Waals surface area contributed by atoms with E-state index in [1.54, 1.807) is 12.1 Å². The Morgan fingerprint density at radius 2 is 1.58 bits per heavy atom. The lowest BCUT2D eigenvalue weighted by molar-refractivity contribution is 0.0952. The van der Waals surface area contributed by atoms with Gasteiger partial charge >= 0.3 is 0 Å². The molecule has 0 radical (unpaired) electrons. The van der Waals surface area contributed by atoms with Crippen LogP contribution in [0.4, 0.5) is 0 Å². The van der Waals surface area contributed by atoms with Crippen LogP contribution in [0.5, 0.6) is 5.75 Å². The summed E-state index contributed by atoms with van der Waals surface area (Å²) in [5, 5.41) is 4.93. The van der Waals surface area contributed by atoms with Crippen LogP contribution in [0.1, 0.15) is 63.9 Å². The van der Waals surface area contributed by atoms with Crippen LogP contribution in [0, 0.1) is 0 Å². The molecule has 0 bridgehead atoms. The number of hydrogen-bond acceptors (Lipinski definition) is 5. The molecule has 9 heteroatoms. The molecule has 1 fully saturated rings. The molecule has 43 heavy (non-hydrogen) atoms. The number of rotatable bonds is 14. The van der Waals surface area contributed by atoms with E-state index in [1.807, 2.05) is 44.3 Å². The summed E-state index contributed by atoms with van der Waals surface area (Å²) in [6, 6.07) is 12.5. The highest BCUT2D eigenvalue weighted by molar-refractivity contribution is 6.42. The van der Waals surface area contributed by atoms with Gasteiger partial charge in [-0.05, 0) is 78.3 Å². The Kier molecular flexibility index (Phi) is 12.2. The molecule has 2 aromatic carbocycles. The number of nitrogens with one attached hydrogen (secondary N) is 1. The molecule has 7 nitrogen and oxygen atoms in total. The van der Waals surface area contributed by atoms with Crippen LogP contribution in [0.3, 0.4) is 0 Å². The summed E-state index contributed by atoms with van der Waals surface area (Å²) in [4.78, 5) is 21.2. The van der Waals surface area contributed by atoms with Crippen molar-refractivity contribution >= 4 is 40.0 Å². The zero-order chi connectivity index (χ0) is 31.1. The molecular formula is C34H49Cl2N5O2. The van der Waals surface area contributed by atoms with E-state index in [0.29, 0.717) is 34.2 Å². The molecular weight excluding hydrogens is 581 g/mol. The second-order valence-corrected chi connectivity index (χ2v) is 13.3. The zero-order valence-corrected chi connectivity index (χ0v) is 28.2. The van der Waals surface area contributed by atoms with Gasteiger partial charge in [0, 0.05) is 76.0 Å². The van der Waals surface area contributed by atoms with Gasteiger partial charge in [-0.1, -0.05) is 41.4 Å². The topological polar surface area (TPSA) is 53.0 Å². The zero-order valence-electron chi connectivity index (χ0n) is 26.7. The van der Waals surface area contributed by atoms with Crippen LogP contribution in [0.2, 0.25) is 10.0 Å². The number of aromatic nitrogens is 1. The molecule has 1 aromatic heterocycles. The van der Waals surface area contributed by atoms with Gasteiger partial charge in [0.1, 0.15) is 5.75 Å². The van der Waals surface area contributed by atoms with Crippen molar-refractivity contribution in [3.8, 4) is 5.75 Å². The molecule has 1 aliphatic rings. The SMILES string of the molecule is CC(C)Oc1cccc2c(C(=O)NCc3ccc(Cl)c(Cl)c3)cn(CCCN3CCN(CCN(C(C)C)C(C)C)CC3)c12. The van der Waals surface area contributed by atoms with E-state index >= 15 is 0 Å². The number of fused-ring (bicyclic) bond motifs is 1. The summed E-state index contributed by atoms with van der Waals surface area (Å²) in [7, 11) is 0. The Labute approximate surface area is 268 Å². The molecule has 2 heterocycles. The summed E-state index contributed by atoms with van der Waals surface area (Å²) >= 11 is 12.2. The maximum atomic E-state index is 13.4. The van der Waals surface area contributed by atoms with Crippen LogP contribution < -0.4 is 10.1 Å². The van der Waals surface area contributed by atoms with Gasteiger partial charge in [-0.15, -0.1) is 0 Å². The molecule has 4 rings (SSSR count). The average Bonchev–Trinajstić information content (AvgIpc) is 3.33. The number of ether oxygens (including phenoxy) is 1. The first-order valence-corrected chi connectivity index (χ1v) is 16.5. The number of hydrogen-bond donors (Lipinski definition) is 1. The van der Waals surface area contributed by atoms with E-state index in [9.17, 15) is 4.79 Å². The van der Waals surface area contributed by atoms with Crippen molar-refractivity contribution in [2.45, 2.75) is 79.2 Å². The Morgan fingerprint density at radius 1 is 0.907 bits per heavy atom. The molecule has 0 spiro atoms. The number of aryl methyl sites for hydroxylation is 1. The van der Waals surface area contributed by atoms with Crippen LogP contribution in [-0.4, -0.2) is 89.2 Å². The maximum absolute atomic E-state index is 13.4. The van der Waals surface area contributed by atoms with Crippen molar-refractivity contribution in [3.63, 3.8) is 0 Å². The molecule has 0 aliphatic carbocycles. The number of halogens is 2. The largest absolute Gasteiger partial charge is 0.489 e. The highest BCUT2D eigenvalue weighted by Crippen LogP contribution is 2.31. The summed E-state index contributed by atoms with van der Waals surface area (Å²) in [5.41, 5.74) is 2.52. The van der Waals surface area contributed by atoms with Gasteiger partial charge in [-0.25, -0.2) is 0 Å². The minimum absolute atomic E-state index is 0.0327.